The second-order valence-corrected chi connectivity index (χ2v) is 9.25. The summed E-state index contributed by atoms with van der Waals surface area (Å²) in [5, 5.41) is 18.8. The van der Waals surface area contributed by atoms with Gasteiger partial charge in [0.15, 0.2) is 10.3 Å². The third kappa shape index (κ3) is 6.53. The number of thiazole rings is 2. The Bertz CT molecular complexity index is 1550. The highest BCUT2D eigenvalue weighted by molar-refractivity contribution is 7.16. The molecule has 13 heteroatoms. The molecular formula is C25H20N10OS2. The molecule has 0 unspecified atom stereocenters. The summed E-state index contributed by atoms with van der Waals surface area (Å²) in [4.78, 5) is 34.5. The Morgan fingerprint density at radius 1 is 0.605 bits per heavy atom. The predicted octanol–water partition coefficient (Wildman–Crippen LogP) is 4.97. The third-order valence-corrected chi connectivity index (χ3v) is 6.46. The highest BCUT2D eigenvalue weighted by Gasteiger charge is 2.14. The average Bonchev–Trinajstić information content (AvgIpc) is 3.62. The van der Waals surface area contributed by atoms with Crippen LogP contribution < -0.4 is 10.6 Å². The Labute approximate surface area is 225 Å². The molecule has 0 aliphatic carbocycles. The molecule has 0 spiro atoms. The number of nitrogens with zero attached hydrogens (tertiary/aromatic N) is 8. The van der Waals surface area contributed by atoms with Crippen molar-refractivity contribution in [3.8, 4) is 22.8 Å². The van der Waals surface area contributed by atoms with E-state index in [9.17, 15) is 5.11 Å². The standard InChI is InChI=1S/C13H11N5OS.C12H9N5S/c19-8-10-11(9-4-1-2-5-14-9)17-13(20-10)18-12-15-6-3-7-16-12;1-2-5-13-9(4-1)10-8-18-12(16-10)17-11-14-6-3-7-15-11/h1-7,19H,8H2,(H,15,16,17,18);1-8H,(H,14,15,16,17). The molecule has 0 atom stereocenters. The van der Waals surface area contributed by atoms with E-state index in [1.807, 2.05) is 41.8 Å². The van der Waals surface area contributed by atoms with Crippen LogP contribution in [0.4, 0.5) is 22.2 Å². The lowest BCUT2D eigenvalue weighted by atomic mass is 10.2. The Hall–Kier alpha value is -4.72. The van der Waals surface area contributed by atoms with Crippen molar-refractivity contribution in [3.63, 3.8) is 0 Å². The Balaban J connectivity index is 0.000000156. The monoisotopic (exact) mass is 540 g/mol. The van der Waals surface area contributed by atoms with Crippen LogP contribution in [0.3, 0.4) is 0 Å². The molecule has 0 saturated heterocycles. The summed E-state index contributed by atoms with van der Waals surface area (Å²) in [6.07, 6.45) is 10.1. The molecule has 6 heterocycles. The first-order chi connectivity index (χ1) is 18.8. The van der Waals surface area contributed by atoms with Crippen LogP contribution in [-0.2, 0) is 6.61 Å². The molecule has 0 saturated carbocycles. The number of aromatic nitrogens is 8. The van der Waals surface area contributed by atoms with E-state index in [2.05, 4.69) is 50.5 Å². The fourth-order valence-electron chi connectivity index (χ4n) is 3.10. The second kappa shape index (κ2) is 12.5. The van der Waals surface area contributed by atoms with Gasteiger partial charge in [0.2, 0.25) is 11.9 Å². The lowest BCUT2D eigenvalue weighted by molar-refractivity contribution is 0.286. The minimum atomic E-state index is -0.0824. The zero-order chi connectivity index (χ0) is 26.0. The van der Waals surface area contributed by atoms with E-state index in [0.717, 1.165) is 27.1 Å². The quantitative estimate of drug-likeness (QED) is 0.252. The zero-order valence-electron chi connectivity index (χ0n) is 19.7. The number of pyridine rings is 2. The van der Waals surface area contributed by atoms with Gasteiger partial charge < -0.3 is 15.7 Å². The third-order valence-electron chi connectivity index (χ3n) is 4.75. The molecule has 3 N–H and O–H groups in total. The van der Waals surface area contributed by atoms with E-state index < -0.39 is 0 Å². The minimum Gasteiger partial charge on any atom is -0.391 e. The average molecular weight is 541 g/mol. The second-order valence-electron chi connectivity index (χ2n) is 7.31. The molecule has 0 radical (unpaired) electrons. The zero-order valence-corrected chi connectivity index (χ0v) is 21.3. The molecule has 0 bridgehead atoms. The van der Waals surface area contributed by atoms with Crippen molar-refractivity contribution in [1.29, 1.82) is 0 Å². The van der Waals surface area contributed by atoms with E-state index in [4.69, 9.17) is 0 Å². The van der Waals surface area contributed by atoms with Gasteiger partial charge in [-0.25, -0.2) is 29.9 Å². The topological polar surface area (TPSA) is 147 Å². The minimum absolute atomic E-state index is 0.0824. The van der Waals surface area contributed by atoms with Crippen molar-refractivity contribution in [2.24, 2.45) is 0 Å². The van der Waals surface area contributed by atoms with Crippen molar-refractivity contribution in [2.45, 2.75) is 6.61 Å². The molecule has 0 aliphatic rings. The summed E-state index contributed by atoms with van der Waals surface area (Å²) in [6.45, 7) is -0.0824. The van der Waals surface area contributed by atoms with E-state index in [1.165, 1.54) is 22.7 Å². The Morgan fingerprint density at radius 3 is 1.76 bits per heavy atom. The van der Waals surface area contributed by atoms with Crippen molar-refractivity contribution in [2.75, 3.05) is 10.6 Å². The fraction of sp³-hybridized carbons (Fsp3) is 0.0400. The Kier molecular flexibility index (Phi) is 8.20. The van der Waals surface area contributed by atoms with E-state index >= 15 is 0 Å². The first kappa shape index (κ1) is 25.0. The lowest BCUT2D eigenvalue weighted by Crippen LogP contribution is -1.95. The van der Waals surface area contributed by atoms with Crippen LogP contribution in [0.2, 0.25) is 0 Å². The highest BCUT2D eigenvalue weighted by Crippen LogP contribution is 2.31. The summed E-state index contributed by atoms with van der Waals surface area (Å²) in [5.41, 5.74) is 3.11. The van der Waals surface area contributed by atoms with Crippen molar-refractivity contribution in [3.05, 3.63) is 96.0 Å². The number of rotatable bonds is 7. The first-order valence-corrected chi connectivity index (χ1v) is 12.9. The van der Waals surface area contributed by atoms with E-state index in [0.29, 0.717) is 22.7 Å². The summed E-state index contributed by atoms with van der Waals surface area (Å²) in [5.74, 6) is 1.01. The van der Waals surface area contributed by atoms with Crippen LogP contribution in [-0.4, -0.2) is 45.0 Å². The molecule has 6 aromatic heterocycles. The van der Waals surface area contributed by atoms with Crippen LogP contribution >= 0.6 is 22.7 Å². The molecule has 38 heavy (non-hydrogen) atoms. The van der Waals surface area contributed by atoms with Gasteiger partial charge in [-0.15, -0.1) is 11.3 Å². The molecule has 0 fully saturated rings. The van der Waals surface area contributed by atoms with Gasteiger partial charge in [0.1, 0.15) is 11.4 Å². The van der Waals surface area contributed by atoms with Gasteiger partial charge in [-0.1, -0.05) is 23.5 Å². The van der Waals surface area contributed by atoms with Gasteiger partial charge in [-0.2, -0.15) is 0 Å². The molecular weight excluding hydrogens is 520 g/mol. The largest absolute Gasteiger partial charge is 0.391 e. The van der Waals surface area contributed by atoms with Crippen LogP contribution in [0.15, 0.2) is 91.1 Å². The molecule has 11 nitrogen and oxygen atoms in total. The van der Waals surface area contributed by atoms with E-state index in [-0.39, 0.29) is 6.61 Å². The summed E-state index contributed by atoms with van der Waals surface area (Å²) < 4.78 is 0. The summed E-state index contributed by atoms with van der Waals surface area (Å²) >= 11 is 2.85. The molecule has 0 aromatic carbocycles. The Morgan fingerprint density at radius 2 is 1.18 bits per heavy atom. The van der Waals surface area contributed by atoms with Crippen molar-refractivity contribution >= 4 is 44.8 Å². The maximum absolute atomic E-state index is 9.44. The number of aliphatic hydroxyl groups is 1. The van der Waals surface area contributed by atoms with Crippen molar-refractivity contribution in [1.82, 2.24) is 39.9 Å². The first-order valence-electron chi connectivity index (χ1n) is 11.3. The number of hydrogen-bond acceptors (Lipinski definition) is 13. The van der Waals surface area contributed by atoms with Crippen LogP contribution in [0, 0.1) is 0 Å². The fourth-order valence-corrected chi connectivity index (χ4v) is 4.62. The number of anilines is 4. The smallest absolute Gasteiger partial charge is 0.228 e. The molecule has 188 valence electrons. The maximum atomic E-state index is 9.44. The van der Waals surface area contributed by atoms with Gasteiger partial charge >= 0.3 is 0 Å². The van der Waals surface area contributed by atoms with Gasteiger partial charge in [-0.05, 0) is 36.4 Å². The van der Waals surface area contributed by atoms with Crippen LogP contribution in [0.1, 0.15) is 4.88 Å². The van der Waals surface area contributed by atoms with E-state index in [1.54, 1.807) is 49.3 Å². The lowest BCUT2D eigenvalue weighted by Gasteiger charge is -1.98. The number of aliphatic hydroxyl groups excluding tert-OH is 1. The van der Waals surface area contributed by atoms with Crippen LogP contribution in [0.5, 0.6) is 0 Å². The van der Waals surface area contributed by atoms with Gasteiger partial charge in [0, 0.05) is 42.6 Å². The summed E-state index contributed by atoms with van der Waals surface area (Å²) in [6, 6.07) is 14.8. The SMILES string of the molecule is OCc1sc(Nc2ncccn2)nc1-c1ccccn1.c1ccc(-c2csc(Nc3ncccn3)n2)nc1. The molecule has 0 amide bonds. The van der Waals surface area contributed by atoms with Gasteiger partial charge in [-0.3, -0.25) is 9.97 Å². The van der Waals surface area contributed by atoms with Crippen molar-refractivity contribution < 1.29 is 5.11 Å². The molecule has 6 aromatic rings. The summed E-state index contributed by atoms with van der Waals surface area (Å²) in [7, 11) is 0. The number of hydrogen-bond donors (Lipinski definition) is 3. The molecule has 0 aliphatic heterocycles. The maximum Gasteiger partial charge on any atom is 0.228 e. The van der Waals surface area contributed by atoms with Crippen LogP contribution in [0.25, 0.3) is 22.8 Å². The highest BCUT2D eigenvalue weighted by atomic mass is 32.1. The number of nitrogens with one attached hydrogen (secondary N) is 2. The predicted molar refractivity (Wildman–Crippen MR) is 147 cm³/mol. The van der Waals surface area contributed by atoms with Gasteiger partial charge in [0.05, 0.1) is 22.9 Å². The molecule has 6 rings (SSSR count). The normalized spacial score (nSPS) is 10.3. The van der Waals surface area contributed by atoms with Gasteiger partial charge in [0.25, 0.3) is 0 Å².